The first-order chi connectivity index (χ1) is 10.1. The molecule has 112 valence electrons. The first-order valence-electron chi connectivity index (χ1n) is 7.34. The normalized spacial score (nSPS) is 21.9. The van der Waals surface area contributed by atoms with Gasteiger partial charge in [-0.25, -0.2) is 9.50 Å². The standard InChI is InChI=1S/C15H20N4O2/c1-9-6-14-16-8-12(10(2)19(14)18-9)15(21)17-7-11-4-3-5-13(11)20/h6,8,11,13,20H,3-5,7H2,1-2H3,(H,17,21). The molecule has 2 atom stereocenters. The molecule has 1 aliphatic rings. The highest BCUT2D eigenvalue weighted by atomic mass is 16.3. The third-order valence-corrected chi connectivity index (χ3v) is 4.23. The number of nitrogens with zero attached hydrogens (tertiary/aromatic N) is 3. The summed E-state index contributed by atoms with van der Waals surface area (Å²) in [5.41, 5.74) is 2.92. The maximum atomic E-state index is 12.3. The molecule has 0 saturated heterocycles. The average Bonchev–Trinajstić information content (AvgIpc) is 3.02. The lowest BCUT2D eigenvalue weighted by Gasteiger charge is -2.15. The molecule has 1 saturated carbocycles. The van der Waals surface area contributed by atoms with Gasteiger partial charge in [0, 0.05) is 24.7 Å². The lowest BCUT2D eigenvalue weighted by molar-refractivity contribution is 0.0915. The fourth-order valence-corrected chi connectivity index (χ4v) is 2.96. The van der Waals surface area contributed by atoms with Crippen LogP contribution in [0, 0.1) is 19.8 Å². The van der Waals surface area contributed by atoms with E-state index in [1.807, 2.05) is 19.9 Å². The van der Waals surface area contributed by atoms with Crippen molar-refractivity contribution >= 4 is 11.6 Å². The fourth-order valence-electron chi connectivity index (χ4n) is 2.96. The summed E-state index contributed by atoms with van der Waals surface area (Å²) in [6.45, 7) is 4.27. The van der Waals surface area contributed by atoms with Gasteiger partial charge in [-0.15, -0.1) is 0 Å². The molecular formula is C15H20N4O2. The van der Waals surface area contributed by atoms with E-state index in [-0.39, 0.29) is 17.9 Å². The van der Waals surface area contributed by atoms with Gasteiger partial charge in [0.25, 0.3) is 5.91 Å². The van der Waals surface area contributed by atoms with Gasteiger partial charge >= 0.3 is 0 Å². The zero-order chi connectivity index (χ0) is 15.0. The molecule has 0 spiro atoms. The summed E-state index contributed by atoms with van der Waals surface area (Å²) in [6, 6.07) is 1.88. The van der Waals surface area contributed by atoms with Crippen LogP contribution in [0.15, 0.2) is 12.3 Å². The Balaban J connectivity index is 1.76. The number of carbonyl (C=O) groups is 1. The molecule has 6 heteroatoms. The molecule has 2 heterocycles. The molecule has 0 radical (unpaired) electrons. The van der Waals surface area contributed by atoms with Crippen molar-refractivity contribution in [1.29, 1.82) is 0 Å². The van der Waals surface area contributed by atoms with Crippen LogP contribution in [0.2, 0.25) is 0 Å². The van der Waals surface area contributed by atoms with E-state index in [4.69, 9.17) is 0 Å². The summed E-state index contributed by atoms with van der Waals surface area (Å²) in [6.07, 6.45) is 4.13. The van der Waals surface area contributed by atoms with Gasteiger partial charge in [0.15, 0.2) is 5.65 Å². The van der Waals surface area contributed by atoms with Gasteiger partial charge in [-0.2, -0.15) is 5.10 Å². The molecule has 0 aliphatic heterocycles. The second-order valence-corrected chi connectivity index (χ2v) is 5.78. The lowest BCUT2D eigenvalue weighted by atomic mass is 10.1. The number of amides is 1. The number of hydrogen-bond donors (Lipinski definition) is 2. The molecular weight excluding hydrogens is 268 g/mol. The minimum atomic E-state index is -0.291. The molecule has 1 amide bonds. The smallest absolute Gasteiger partial charge is 0.254 e. The van der Waals surface area contributed by atoms with Crippen molar-refractivity contribution in [3.8, 4) is 0 Å². The Labute approximate surface area is 123 Å². The van der Waals surface area contributed by atoms with Crippen molar-refractivity contribution in [3.05, 3.63) is 29.2 Å². The first-order valence-corrected chi connectivity index (χ1v) is 7.34. The Bertz CT molecular complexity index is 680. The zero-order valence-corrected chi connectivity index (χ0v) is 12.3. The molecule has 0 aromatic carbocycles. The Morgan fingerprint density at radius 3 is 3.00 bits per heavy atom. The number of aromatic nitrogens is 3. The quantitative estimate of drug-likeness (QED) is 0.890. The van der Waals surface area contributed by atoms with Crippen molar-refractivity contribution in [1.82, 2.24) is 19.9 Å². The molecule has 2 unspecified atom stereocenters. The number of aliphatic hydroxyl groups is 1. The Morgan fingerprint density at radius 1 is 1.48 bits per heavy atom. The molecule has 2 N–H and O–H groups in total. The van der Waals surface area contributed by atoms with Gasteiger partial charge in [0.2, 0.25) is 0 Å². The number of fused-ring (bicyclic) bond motifs is 1. The second kappa shape index (κ2) is 5.44. The van der Waals surface area contributed by atoms with Gasteiger partial charge in [0.1, 0.15) is 0 Å². The van der Waals surface area contributed by atoms with Crippen LogP contribution in [0.1, 0.15) is 41.0 Å². The van der Waals surface area contributed by atoms with Crippen LogP contribution in [0.5, 0.6) is 0 Å². The third kappa shape index (κ3) is 2.63. The molecule has 1 fully saturated rings. The van der Waals surface area contributed by atoms with Gasteiger partial charge in [-0.3, -0.25) is 4.79 Å². The van der Waals surface area contributed by atoms with Gasteiger partial charge < -0.3 is 10.4 Å². The van der Waals surface area contributed by atoms with E-state index in [0.717, 1.165) is 36.3 Å². The molecule has 2 aromatic rings. The first kappa shape index (κ1) is 14.0. The summed E-state index contributed by atoms with van der Waals surface area (Å²) >= 11 is 0. The van der Waals surface area contributed by atoms with E-state index in [2.05, 4.69) is 15.4 Å². The van der Waals surface area contributed by atoms with E-state index in [1.54, 1.807) is 10.7 Å². The number of rotatable bonds is 3. The van der Waals surface area contributed by atoms with Crippen molar-refractivity contribution in [2.45, 2.75) is 39.2 Å². The van der Waals surface area contributed by atoms with E-state index in [1.165, 1.54) is 0 Å². The second-order valence-electron chi connectivity index (χ2n) is 5.78. The van der Waals surface area contributed by atoms with Crippen LogP contribution < -0.4 is 5.32 Å². The predicted molar refractivity (Wildman–Crippen MR) is 78.1 cm³/mol. The van der Waals surface area contributed by atoms with Crippen LogP contribution in [0.3, 0.4) is 0 Å². The van der Waals surface area contributed by atoms with Crippen LogP contribution in [0.4, 0.5) is 0 Å². The summed E-state index contributed by atoms with van der Waals surface area (Å²) in [5, 5.41) is 17.0. The van der Waals surface area contributed by atoms with E-state index >= 15 is 0 Å². The monoisotopic (exact) mass is 288 g/mol. The summed E-state index contributed by atoms with van der Waals surface area (Å²) in [5.74, 6) is 0.00653. The topological polar surface area (TPSA) is 79.5 Å². The average molecular weight is 288 g/mol. The molecule has 3 rings (SSSR count). The van der Waals surface area contributed by atoms with Crippen LogP contribution in [-0.4, -0.2) is 38.3 Å². The maximum absolute atomic E-state index is 12.3. The SMILES string of the molecule is Cc1cc2ncc(C(=O)NCC3CCCC3O)c(C)n2n1. The van der Waals surface area contributed by atoms with Crippen LogP contribution in [0.25, 0.3) is 5.65 Å². The van der Waals surface area contributed by atoms with Crippen molar-refractivity contribution in [2.24, 2.45) is 5.92 Å². The van der Waals surface area contributed by atoms with Gasteiger partial charge in [-0.1, -0.05) is 6.42 Å². The summed E-state index contributed by atoms with van der Waals surface area (Å²) in [7, 11) is 0. The number of nitrogens with one attached hydrogen (secondary N) is 1. The number of carbonyl (C=O) groups excluding carboxylic acids is 1. The van der Waals surface area contributed by atoms with Crippen LogP contribution >= 0.6 is 0 Å². The van der Waals surface area contributed by atoms with Crippen LogP contribution in [-0.2, 0) is 0 Å². The largest absolute Gasteiger partial charge is 0.393 e. The number of aliphatic hydroxyl groups excluding tert-OH is 1. The third-order valence-electron chi connectivity index (χ3n) is 4.23. The highest BCUT2D eigenvalue weighted by molar-refractivity contribution is 5.95. The summed E-state index contributed by atoms with van der Waals surface area (Å²) in [4.78, 5) is 16.6. The minimum absolute atomic E-state index is 0.158. The zero-order valence-electron chi connectivity index (χ0n) is 12.3. The molecule has 0 bridgehead atoms. The molecule has 2 aromatic heterocycles. The highest BCUT2D eigenvalue weighted by Gasteiger charge is 2.25. The Morgan fingerprint density at radius 2 is 2.29 bits per heavy atom. The number of hydrogen-bond acceptors (Lipinski definition) is 4. The number of aryl methyl sites for hydroxylation is 2. The van der Waals surface area contributed by atoms with E-state index in [0.29, 0.717) is 12.1 Å². The maximum Gasteiger partial charge on any atom is 0.254 e. The van der Waals surface area contributed by atoms with Crippen molar-refractivity contribution < 1.29 is 9.90 Å². The molecule has 1 aliphatic carbocycles. The molecule has 21 heavy (non-hydrogen) atoms. The Kier molecular flexibility index (Phi) is 3.63. The van der Waals surface area contributed by atoms with E-state index in [9.17, 15) is 9.90 Å². The summed E-state index contributed by atoms with van der Waals surface area (Å²) < 4.78 is 1.69. The molecule has 6 nitrogen and oxygen atoms in total. The van der Waals surface area contributed by atoms with Crippen molar-refractivity contribution in [2.75, 3.05) is 6.54 Å². The van der Waals surface area contributed by atoms with Crippen molar-refractivity contribution in [3.63, 3.8) is 0 Å². The lowest BCUT2D eigenvalue weighted by Crippen LogP contribution is -2.33. The fraction of sp³-hybridized carbons (Fsp3) is 0.533. The minimum Gasteiger partial charge on any atom is -0.393 e. The highest BCUT2D eigenvalue weighted by Crippen LogP contribution is 2.24. The van der Waals surface area contributed by atoms with E-state index < -0.39 is 0 Å². The Hall–Kier alpha value is -1.95. The van der Waals surface area contributed by atoms with Gasteiger partial charge in [-0.05, 0) is 26.7 Å². The van der Waals surface area contributed by atoms with Gasteiger partial charge in [0.05, 0.1) is 23.1 Å². The predicted octanol–water partition coefficient (Wildman–Crippen LogP) is 1.24.